The molecule has 0 bridgehead atoms. The lowest BCUT2D eigenvalue weighted by atomic mass is 9.63. The van der Waals surface area contributed by atoms with Gasteiger partial charge in [0.2, 0.25) is 0 Å². The Morgan fingerprint density at radius 2 is 0.938 bits per heavy atom. The van der Waals surface area contributed by atoms with Crippen LogP contribution >= 0.6 is 15.9 Å². The average Bonchev–Trinajstić information content (AvgIpc) is 3.26. The van der Waals surface area contributed by atoms with Crippen LogP contribution in [0.25, 0.3) is 0 Å². The number of ether oxygens (including phenoxy) is 3. The summed E-state index contributed by atoms with van der Waals surface area (Å²) in [5.74, 6) is 0.621. The standard InChI is InChI=1S/C29H38O3.C15H21Br.C14H18O3/c1-20(2)16-23(18-27(30)31-7)22-9-11-24(12-10-22)32-19-21-8-13-25-26(17-21)29(5,6)15-14-28(25,3)4;1-14(2)7-8-15(3,4)13-9-11(10-16)5-6-12(13)14;1-10(2)8-12(9-14(16)17-3)11-4-6-13(15)7-5-11/h8-13,16-17,23H,14-15,18-19H2,1-7H3;5-6,9H,7-8,10H2,1-4H3;4-8,12,15H,9H2,1-3H3/t23-;;12-/m0.0/s1. The minimum atomic E-state index is -0.236. The third-order valence-corrected chi connectivity index (χ3v) is 14.0. The van der Waals surface area contributed by atoms with E-state index in [2.05, 4.69) is 119 Å². The van der Waals surface area contributed by atoms with E-state index in [9.17, 15) is 14.7 Å². The van der Waals surface area contributed by atoms with Crippen molar-refractivity contribution in [1.29, 1.82) is 0 Å². The smallest absolute Gasteiger partial charge is 0.306 e. The van der Waals surface area contributed by atoms with E-state index in [4.69, 9.17) is 9.47 Å². The number of hydrogen-bond acceptors (Lipinski definition) is 6. The van der Waals surface area contributed by atoms with Crippen LogP contribution in [0.2, 0.25) is 0 Å². The fourth-order valence-corrected chi connectivity index (χ4v) is 9.37. The molecule has 0 spiro atoms. The van der Waals surface area contributed by atoms with Crippen LogP contribution in [0.1, 0.15) is 178 Å². The van der Waals surface area contributed by atoms with Crippen molar-refractivity contribution in [2.24, 2.45) is 0 Å². The number of aromatic hydroxyl groups is 1. The van der Waals surface area contributed by atoms with Crippen LogP contribution < -0.4 is 4.74 Å². The molecule has 6 nitrogen and oxygen atoms in total. The number of alkyl halides is 1. The van der Waals surface area contributed by atoms with E-state index in [0.717, 1.165) is 27.8 Å². The number of carbonyl (C=O) groups excluding carboxylic acids is 2. The predicted molar refractivity (Wildman–Crippen MR) is 273 cm³/mol. The lowest BCUT2D eigenvalue weighted by Crippen LogP contribution is -2.33. The number of benzene rings is 4. The first-order chi connectivity index (χ1) is 30.4. The lowest BCUT2D eigenvalue weighted by molar-refractivity contribution is -0.141. The number of carbonyl (C=O) groups is 2. The van der Waals surface area contributed by atoms with Gasteiger partial charge in [0.25, 0.3) is 0 Å². The molecule has 2 aliphatic rings. The zero-order chi connectivity index (χ0) is 48.3. The van der Waals surface area contributed by atoms with Crippen LogP contribution in [-0.2, 0) is 52.7 Å². The minimum absolute atomic E-state index is 0.00644. The lowest BCUT2D eigenvalue weighted by Gasteiger charge is -2.42. The molecule has 65 heavy (non-hydrogen) atoms. The summed E-state index contributed by atoms with van der Waals surface area (Å²) in [6, 6.07) is 28.8. The van der Waals surface area contributed by atoms with E-state index in [0.29, 0.717) is 30.3 Å². The topological polar surface area (TPSA) is 82.1 Å². The van der Waals surface area contributed by atoms with Crippen molar-refractivity contribution in [2.75, 3.05) is 14.2 Å². The van der Waals surface area contributed by atoms with Crippen molar-refractivity contribution in [2.45, 2.75) is 167 Å². The highest BCUT2D eigenvalue weighted by Crippen LogP contribution is 2.47. The molecule has 0 unspecified atom stereocenters. The van der Waals surface area contributed by atoms with Gasteiger partial charge in [-0.05, 0) is 144 Å². The Kier molecular flexibility index (Phi) is 18.5. The number of allylic oxidation sites excluding steroid dienone is 4. The number of methoxy groups -OCH3 is 2. The SMILES string of the molecule is CC1(C)CCC(C)(C)c2cc(CBr)ccc21.COC(=O)C[C@H](C=C(C)C)c1ccc(O)cc1.COC(=O)C[C@H](C=C(C)C)c1ccc(OCc2ccc3c(c2)C(C)(C)CCC3(C)C)cc1. The van der Waals surface area contributed by atoms with Gasteiger partial charge in [-0.3, -0.25) is 9.59 Å². The zero-order valence-corrected chi connectivity index (χ0v) is 43.5. The summed E-state index contributed by atoms with van der Waals surface area (Å²) >= 11 is 3.55. The monoisotopic (exact) mass is 948 g/mol. The maximum atomic E-state index is 11.8. The highest BCUT2D eigenvalue weighted by Gasteiger charge is 2.38. The van der Waals surface area contributed by atoms with Gasteiger partial charge in [-0.15, -0.1) is 0 Å². The van der Waals surface area contributed by atoms with Crippen molar-refractivity contribution >= 4 is 27.9 Å². The minimum Gasteiger partial charge on any atom is -0.508 e. The van der Waals surface area contributed by atoms with Crippen LogP contribution in [0.4, 0.5) is 0 Å². The first-order valence-electron chi connectivity index (χ1n) is 23.2. The summed E-state index contributed by atoms with van der Waals surface area (Å²) in [6.07, 6.45) is 9.80. The van der Waals surface area contributed by atoms with Crippen LogP contribution in [0, 0.1) is 0 Å². The van der Waals surface area contributed by atoms with Crippen LogP contribution in [0.5, 0.6) is 11.5 Å². The Bertz CT molecular complexity index is 2270. The molecule has 6 rings (SSSR count). The fourth-order valence-electron chi connectivity index (χ4n) is 9.02. The normalized spacial score (nSPS) is 16.8. The molecule has 0 aromatic heterocycles. The first kappa shape index (κ1) is 53.0. The highest BCUT2D eigenvalue weighted by molar-refractivity contribution is 9.08. The summed E-state index contributed by atoms with van der Waals surface area (Å²) < 4.78 is 15.7. The molecule has 4 aromatic rings. The third-order valence-electron chi connectivity index (χ3n) is 13.3. The molecule has 7 heteroatoms. The quantitative estimate of drug-likeness (QED) is 0.0865. The van der Waals surface area contributed by atoms with E-state index in [1.54, 1.807) is 23.3 Å². The van der Waals surface area contributed by atoms with Gasteiger partial charge in [-0.2, -0.15) is 0 Å². The molecule has 0 radical (unpaired) electrons. The van der Waals surface area contributed by atoms with Crippen molar-refractivity contribution in [3.63, 3.8) is 0 Å². The molecule has 4 aromatic carbocycles. The second-order valence-electron chi connectivity index (χ2n) is 21.1. The van der Waals surface area contributed by atoms with Gasteiger partial charge in [0.05, 0.1) is 27.1 Å². The molecule has 1 N–H and O–H groups in total. The number of fused-ring (bicyclic) bond motifs is 2. The second kappa shape index (κ2) is 22.7. The van der Waals surface area contributed by atoms with Gasteiger partial charge >= 0.3 is 11.9 Å². The molecule has 352 valence electrons. The number of phenols is 1. The van der Waals surface area contributed by atoms with E-state index in [1.165, 1.54) is 67.7 Å². The van der Waals surface area contributed by atoms with E-state index in [1.807, 2.05) is 70.2 Å². The highest BCUT2D eigenvalue weighted by atomic mass is 79.9. The Balaban J connectivity index is 0.000000235. The Morgan fingerprint density at radius 1 is 0.569 bits per heavy atom. The van der Waals surface area contributed by atoms with Crippen LogP contribution in [-0.4, -0.2) is 31.3 Å². The molecular formula is C58H77BrO6. The number of esters is 2. The molecule has 0 aliphatic heterocycles. The van der Waals surface area contributed by atoms with Gasteiger partial charge in [0.15, 0.2) is 0 Å². The Morgan fingerprint density at radius 3 is 1.32 bits per heavy atom. The third kappa shape index (κ3) is 14.9. The Labute approximate surface area is 400 Å². The largest absolute Gasteiger partial charge is 0.508 e. The molecule has 0 saturated heterocycles. The van der Waals surface area contributed by atoms with Gasteiger partial charge in [-0.25, -0.2) is 0 Å². The number of halogens is 1. The second-order valence-corrected chi connectivity index (χ2v) is 21.7. The van der Waals surface area contributed by atoms with E-state index in [-0.39, 0.29) is 40.4 Å². The van der Waals surface area contributed by atoms with Crippen molar-refractivity contribution < 1.29 is 28.9 Å². The molecular weight excluding hydrogens is 873 g/mol. The van der Waals surface area contributed by atoms with Crippen molar-refractivity contribution in [3.05, 3.63) is 153 Å². The molecule has 2 atom stereocenters. The molecule has 0 heterocycles. The summed E-state index contributed by atoms with van der Waals surface area (Å²) in [7, 11) is 2.82. The fraction of sp³-hybridized carbons (Fsp3) is 0.483. The summed E-state index contributed by atoms with van der Waals surface area (Å²) in [5.41, 5.74) is 14.1. The number of phenolic OH excluding ortho intramolecular Hbond substituents is 1. The first-order valence-corrected chi connectivity index (χ1v) is 24.3. The molecule has 0 amide bonds. The summed E-state index contributed by atoms with van der Waals surface area (Å²) in [5, 5.41) is 10.2. The average molecular weight is 950 g/mol. The molecule has 2 aliphatic carbocycles. The summed E-state index contributed by atoms with van der Waals surface area (Å²) in [6.45, 7) is 27.5. The van der Waals surface area contributed by atoms with Gasteiger partial charge in [0, 0.05) is 17.2 Å². The van der Waals surface area contributed by atoms with Gasteiger partial charge in [-0.1, -0.05) is 155 Å². The van der Waals surface area contributed by atoms with E-state index < -0.39 is 0 Å². The van der Waals surface area contributed by atoms with Crippen molar-refractivity contribution in [1.82, 2.24) is 0 Å². The van der Waals surface area contributed by atoms with Crippen molar-refractivity contribution in [3.8, 4) is 11.5 Å². The van der Waals surface area contributed by atoms with Gasteiger partial charge in [0.1, 0.15) is 18.1 Å². The maximum Gasteiger partial charge on any atom is 0.306 e. The van der Waals surface area contributed by atoms with Crippen LogP contribution in [0.3, 0.4) is 0 Å². The number of rotatable bonds is 12. The molecule has 0 fully saturated rings. The maximum absolute atomic E-state index is 11.8. The Hall–Kier alpha value is -4.62. The zero-order valence-electron chi connectivity index (χ0n) is 41.9. The molecule has 0 saturated carbocycles. The van der Waals surface area contributed by atoms with Crippen LogP contribution in [0.15, 0.2) is 108 Å². The summed E-state index contributed by atoms with van der Waals surface area (Å²) in [4.78, 5) is 23.2. The number of hydrogen-bond donors (Lipinski definition) is 1. The predicted octanol–water partition coefficient (Wildman–Crippen LogP) is 15.2. The van der Waals surface area contributed by atoms with E-state index >= 15 is 0 Å². The van der Waals surface area contributed by atoms with Gasteiger partial charge < -0.3 is 19.3 Å².